The molecule has 0 bridgehead atoms. The number of rotatable bonds is 6. The zero-order chi connectivity index (χ0) is 16.9. The molecule has 0 fully saturated rings. The molecule has 1 amide bonds. The average molecular weight is 322 g/mol. The van der Waals surface area contributed by atoms with E-state index in [1.54, 1.807) is 0 Å². The van der Waals surface area contributed by atoms with E-state index in [-0.39, 0.29) is 5.91 Å². The Balaban J connectivity index is 1.65. The molecule has 124 valence electrons. The van der Waals surface area contributed by atoms with E-state index in [4.69, 9.17) is 4.42 Å². The molecule has 24 heavy (non-hydrogen) atoms. The zero-order valence-corrected chi connectivity index (χ0v) is 14.1. The zero-order valence-electron chi connectivity index (χ0n) is 14.1. The molecule has 0 aliphatic heterocycles. The highest BCUT2D eigenvalue weighted by Gasteiger charge is 2.07. The van der Waals surface area contributed by atoms with Gasteiger partial charge in [-0.1, -0.05) is 31.5 Å². The van der Waals surface area contributed by atoms with Gasteiger partial charge in [0.15, 0.2) is 11.5 Å². The van der Waals surface area contributed by atoms with Crippen molar-refractivity contribution in [2.45, 2.75) is 39.5 Å². The molecule has 1 aromatic heterocycles. The highest BCUT2D eigenvalue weighted by atomic mass is 16.3. The molecule has 1 N–H and O–H groups in total. The van der Waals surface area contributed by atoms with Gasteiger partial charge in [0.25, 0.3) is 0 Å². The molecule has 4 heteroatoms. The summed E-state index contributed by atoms with van der Waals surface area (Å²) < 4.78 is 5.79. The SMILES string of the molecule is CCCCC(=O)Nc1ccc(Cc2nc3cc(C)ccc3o2)cc1. The Morgan fingerprint density at radius 3 is 2.71 bits per heavy atom. The molecule has 0 saturated carbocycles. The fraction of sp³-hybridized carbons (Fsp3) is 0.300. The van der Waals surface area contributed by atoms with Crippen LogP contribution in [0.4, 0.5) is 5.69 Å². The second kappa shape index (κ2) is 7.30. The first-order valence-electron chi connectivity index (χ1n) is 8.39. The van der Waals surface area contributed by atoms with E-state index >= 15 is 0 Å². The number of nitrogens with zero attached hydrogens (tertiary/aromatic N) is 1. The first kappa shape index (κ1) is 16.2. The molecular formula is C20H22N2O2. The lowest BCUT2D eigenvalue weighted by molar-refractivity contribution is -0.116. The van der Waals surface area contributed by atoms with Crippen molar-refractivity contribution in [1.29, 1.82) is 0 Å². The Morgan fingerprint density at radius 1 is 1.17 bits per heavy atom. The molecule has 3 rings (SSSR count). The standard InChI is InChI=1S/C20H22N2O2/c1-3-4-5-19(23)21-16-9-7-15(8-10-16)13-20-22-17-12-14(2)6-11-18(17)24-20/h6-12H,3-5,13H2,1-2H3,(H,21,23). The van der Waals surface area contributed by atoms with Gasteiger partial charge in [0.1, 0.15) is 5.52 Å². The van der Waals surface area contributed by atoms with Crippen molar-refractivity contribution in [2.24, 2.45) is 0 Å². The molecule has 3 aromatic rings. The number of anilines is 1. The fourth-order valence-corrected chi connectivity index (χ4v) is 2.60. The Morgan fingerprint density at radius 2 is 1.96 bits per heavy atom. The number of amides is 1. The van der Waals surface area contributed by atoms with Crippen LogP contribution in [-0.4, -0.2) is 10.9 Å². The summed E-state index contributed by atoms with van der Waals surface area (Å²) in [7, 11) is 0. The molecule has 0 saturated heterocycles. The third-order valence-corrected chi connectivity index (χ3v) is 3.94. The number of nitrogens with one attached hydrogen (secondary N) is 1. The van der Waals surface area contributed by atoms with Crippen molar-refractivity contribution in [2.75, 3.05) is 5.32 Å². The lowest BCUT2D eigenvalue weighted by Crippen LogP contribution is -2.10. The number of unbranched alkanes of at least 4 members (excludes halogenated alkanes) is 1. The Hall–Kier alpha value is -2.62. The van der Waals surface area contributed by atoms with Crippen LogP contribution in [0, 0.1) is 6.92 Å². The summed E-state index contributed by atoms with van der Waals surface area (Å²) in [5.74, 6) is 0.772. The van der Waals surface area contributed by atoms with E-state index in [2.05, 4.69) is 17.2 Å². The van der Waals surface area contributed by atoms with Crippen molar-refractivity contribution >= 4 is 22.7 Å². The highest BCUT2D eigenvalue weighted by Crippen LogP contribution is 2.20. The van der Waals surface area contributed by atoms with E-state index in [1.807, 2.05) is 49.4 Å². The second-order valence-electron chi connectivity index (χ2n) is 6.10. The van der Waals surface area contributed by atoms with E-state index in [0.29, 0.717) is 18.7 Å². The van der Waals surface area contributed by atoms with Crippen LogP contribution in [0.2, 0.25) is 0 Å². The summed E-state index contributed by atoms with van der Waals surface area (Å²) >= 11 is 0. The van der Waals surface area contributed by atoms with Gasteiger partial charge in [-0.2, -0.15) is 0 Å². The minimum atomic E-state index is 0.0684. The van der Waals surface area contributed by atoms with Gasteiger partial charge in [-0.05, 0) is 48.7 Å². The smallest absolute Gasteiger partial charge is 0.224 e. The lowest BCUT2D eigenvalue weighted by Gasteiger charge is -2.05. The molecule has 0 spiro atoms. The molecule has 0 atom stereocenters. The van der Waals surface area contributed by atoms with Gasteiger partial charge in [0.05, 0.1) is 0 Å². The number of aryl methyl sites for hydroxylation is 1. The van der Waals surface area contributed by atoms with Crippen LogP contribution in [0.5, 0.6) is 0 Å². The predicted octanol–water partition coefficient (Wildman–Crippen LogP) is 4.86. The van der Waals surface area contributed by atoms with Crippen molar-refractivity contribution in [3.05, 3.63) is 59.5 Å². The third kappa shape index (κ3) is 4.02. The van der Waals surface area contributed by atoms with Crippen LogP contribution >= 0.6 is 0 Å². The van der Waals surface area contributed by atoms with E-state index in [0.717, 1.165) is 35.2 Å². The van der Waals surface area contributed by atoms with Crippen LogP contribution in [0.25, 0.3) is 11.1 Å². The number of fused-ring (bicyclic) bond motifs is 1. The number of benzene rings is 2. The maximum atomic E-state index is 11.7. The lowest BCUT2D eigenvalue weighted by atomic mass is 10.1. The second-order valence-corrected chi connectivity index (χ2v) is 6.10. The predicted molar refractivity (Wildman–Crippen MR) is 96.1 cm³/mol. The number of carbonyl (C=O) groups is 1. The van der Waals surface area contributed by atoms with Crippen LogP contribution in [-0.2, 0) is 11.2 Å². The Kier molecular flexibility index (Phi) is 4.94. The topological polar surface area (TPSA) is 55.1 Å². The summed E-state index contributed by atoms with van der Waals surface area (Å²) in [6.07, 6.45) is 3.15. The van der Waals surface area contributed by atoms with Crippen LogP contribution in [0.3, 0.4) is 0 Å². The Bertz CT molecular complexity index is 834. The van der Waals surface area contributed by atoms with Crippen molar-refractivity contribution in [3.8, 4) is 0 Å². The summed E-state index contributed by atoms with van der Waals surface area (Å²) in [6, 6.07) is 13.8. The monoisotopic (exact) mass is 322 g/mol. The van der Waals surface area contributed by atoms with Gasteiger partial charge in [-0.3, -0.25) is 4.79 Å². The number of hydrogen-bond acceptors (Lipinski definition) is 3. The first-order valence-corrected chi connectivity index (χ1v) is 8.39. The van der Waals surface area contributed by atoms with Crippen molar-refractivity contribution < 1.29 is 9.21 Å². The fourth-order valence-electron chi connectivity index (χ4n) is 2.60. The molecule has 4 nitrogen and oxygen atoms in total. The summed E-state index contributed by atoms with van der Waals surface area (Å²) in [5.41, 5.74) is 4.81. The van der Waals surface area contributed by atoms with Gasteiger partial charge in [0.2, 0.25) is 5.91 Å². The Labute approximate surface area is 141 Å². The molecule has 1 heterocycles. The van der Waals surface area contributed by atoms with Crippen LogP contribution in [0.1, 0.15) is 43.2 Å². The largest absolute Gasteiger partial charge is 0.440 e. The minimum Gasteiger partial charge on any atom is -0.440 e. The number of carbonyl (C=O) groups excluding carboxylic acids is 1. The van der Waals surface area contributed by atoms with Gasteiger partial charge in [-0.15, -0.1) is 0 Å². The summed E-state index contributed by atoms with van der Waals surface area (Å²) in [5, 5.41) is 2.92. The van der Waals surface area contributed by atoms with Gasteiger partial charge < -0.3 is 9.73 Å². The van der Waals surface area contributed by atoms with E-state index < -0.39 is 0 Å². The molecule has 0 aliphatic carbocycles. The number of aromatic nitrogens is 1. The number of hydrogen-bond donors (Lipinski definition) is 1. The first-order chi connectivity index (χ1) is 11.6. The summed E-state index contributed by atoms with van der Waals surface area (Å²) in [4.78, 5) is 16.3. The van der Waals surface area contributed by atoms with Gasteiger partial charge in [0, 0.05) is 18.5 Å². The normalized spacial score (nSPS) is 10.9. The molecule has 2 aromatic carbocycles. The molecule has 0 radical (unpaired) electrons. The van der Waals surface area contributed by atoms with Crippen LogP contribution < -0.4 is 5.32 Å². The van der Waals surface area contributed by atoms with Crippen molar-refractivity contribution in [1.82, 2.24) is 4.98 Å². The van der Waals surface area contributed by atoms with Gasteiger partial charge in [-0.25, -0.2) is 4.98 Å². The highest BCUT2D eigenvalue weighted by molar-refractivity contribution is 5.90. The third-order valence-electron chi connectivity index (χ3n) is 3.94. The molecule has 0 aliphatic rings. The molecule has 0 unspecified atom stereocenters. The maximum absolute atomic E-state index is 11.7. The van der Waals surface area contributed by atoms with Crippen LogP contribution in [0.15, 0.2) is 46.9 Å². The minimum absolute atomic E-state index is 0.0684. The molecular weight excluding hydrogens is 300 g/mol. The summed E-state index contributed by atoms with van der Waals surface area (Å²) in [6.45, 7) is 4.12. The quantitative estimate of drug-likeness (QED) is 0.705. The maximum Gasteiger partial charge on any atom is 0.224 e. The van der Waals surface area contributed by atoms with E-state index in [9.17, 15) is 4.79 Å². The van der Waals surface area contributed by atoms with E-state index in [1.165, 1.54) is 5.56 Å². The van der Waals surface area contributed by atoms with Gasteiger partial charge >= 0.3 is 0 Å². The van der Waals surface area contributed by atoms with Crippen molar-refractivity contribution in [3.63, 3.8) is 0 Å². The average Bonchev–Trinajstić information content (AvgIpc) is 2.96. The number of oxazole rings is 1.